The van der Waals surface area contributed by atoms with Crippen molar-refractivity contribution >= 4 is 11.8 Å². The van der Waals surface area contributed by atoms with Crippen molar-refractivity contribution in [3.63, 3.8) is 0 Å². The van der Waals surface area contributed by atoms with E-state index in [2.05, 4.69) is 10.4 Å². The second kappa shape index (κ2) is 6.61. The molecule has 26 heavy (non-hydrogen) atoms. The van der Waals surface area contributed by atoms with E-state index in [1.165, 1.54) is 22.8 Å². The zero-order chi connectivity index (χ0) is 18.4. The van der Waals surface area contributed by atoms with E-state index in [-0.39, 0.29) is 29.5 Å². The molecule has 0 aromatic carbocycles. The minimum absolute atomic E-state index is 0.0676. The first-order valence-electron chi connectivity index (χ1n) is 8.99. The van der Waals surface area contributed by atoms with Crippen molar-refractivity contribution in [1.82, 2.24) is 20.0 Å². The van der Waals surface area contributed by atoms with Crippen LogP contribution in [0, 0.1) is 5.92 Å². The summed E-state index contributed by atoms with van der Waals surface area (Å²) in [5, 5.41) is 6.65. The van der Waals surface area contributed by atoms with Crippen molar-refractivity contribution in [2.45, 2.75) is 50.4 Å². The average Bonchev–Trinajstić information content (AvgIpc) is 3.17. The van der Waals surface area contributed by atoms with E-state index in [0.717, 1.165) is 12.8 Å². The number of nitrogens with one attached hydrogen (secondary N) is 1. The maximum atomic E-state index is 13.1. The quantitative estimate of drug-likeness (QED) is 0.868. The molecule has 0 spiro atoms. The highest BCUT2D eigenvalue weighted by atomic mass is 19.3. The van der Waals surface area contributed by atoms with Gasteiger partial charge in [0.05, 0.1) is 11.7 Å². The Labute approximate surface area is 149 Å². The van der Waals surface area contributed by atoms with E-state index in [4.69, 9.17) is 4.74 Å². The van der Waals surface area contributed by atoms with E-state index in [9.17, 15) is 18.4 Å². The molecule has 142 valence electrons. The van der Waals surface area contributed by atoms with Crippen molar-refractivity contribution < 1.29 is 23.1 Å². The molecule has 9 heteroatoms. The first kappa shape index (κ1) is 17.4. The van der Waals surface area contributed by atoms with Crippen LogP contribution in [-0.4, -0.2) is 57.8 Å². The number of aromatic nitrogens is 2. The van der Waals surface area contributed by atoms with E-state index in [0.29, 0.717) is 25.9 Å². The highest BCUT2D eigenvalue weighted by Crippen LogP contribution is 2.35. The minimum Gasteiger partial charge on any atom is -0.363 e. The molecule has 2 saturated heterocycles. The van der Waals surface area contributed by atoms with Crippen molar-refractivity contribution in [1.29, 1.82) is 0 Å². The summed E-state index contributed by atoms with van der Waals surface area (Å²) in [7, 11) is 1.51. The summed E-state index contributed by atoms with van der Waals surface area (Å²) in [5.74, 6) is -0.314. The molecule has 0 radical (unpaired) electrons. The molecule has 2 amide bonds. The standard InChI is InChI=1S/C17H22F2N4O3/c1-22-7-11(14(21-22)15(18)19)17(25)23-5-4-9-6-12(26-13(9)8-23)16(24)20-10-2-3-10/h7,9-10,12-13,15H,2-6,8H2,1H3,(H,20,24)/t9-,12?,13-/m0/s1. The summed E-state index contributed by atoms with van der Waals surface area (Å²) in [4.78, 5) is 26.4. The first-order chi connectivity index (χ1) is 12.4. The summed E-state index contributed by atoms with van der Waals surface area (Å²) in [5.41, 5.74) is -0.560. The summed E-state index contributed by atoms with van der Waals surface area (Å²) in [6.07, 6.45) is 1.22. The van der Waals surface area contributed by atoms with Gasteiger partial charge in [-0.15, -0.1) is 0 Å². The number of hydrogen-bond donors (Lipinski definition) is 1. The van der Waals surface area contributed by atoms with Crippen LogP contribution in [0.4, 0.5) is 8.78 Å². The van der Waals surface area contributed by atoms with Crippen LogP contribution >= 0.6 is 0 Å². The number of nitrogens with zero attached hydrogens (tertiary/aromatic N) is 3. The third-order valence-corrected chi connectivity index (χ3v) is 5.35. The lowest BCUT2D eigenvalue weighted by atomic mass is 9.91. The zero-order valence-electron chi connectivity index (χ0n) is 14.5. The fourth-order valence-corrected chi connectivity index (χ4v) is 3.81. The van der Waals surface area contributed by atoms with Gasteiger partial charge in [-0.3, -0.25) is 14.3 Å². The van der Waals surface area contributed by atoms with E-state index < -0.39 is 24.1 Å². The molecule has 2 aliphatic heterocycles. The molecule has 1 aromatic heterocycles. The number of fused-ring (bicyclic) bond motifs is 1. The van der Waals surface area contributed by atoms with Gasteiger partial charge < -0.3 is 15.0 Å². The lowest BCUT2D eigenvalue weighted by molar-refractivity contribution is -0.132. The summed E-state index contributed by atoms with van der Waals surface area (Å²) in [6, 6.07) is 0.283. The van der Waals surface area contributed by atoms with Crippen LogP contribution in [0.2, 0.25) is 0 Å². The Morgan fingerprint density at radius 3 is 2.81 bits per heavy atom. The molecule has 0 bridgehead atoms. The third kappa shape index (κ3) is 3.32. The van der Waals surface area contributed by atoms with Gasteiger partial charge in [0, 0.05) is 32.4 Å². The maximum absolute atomic E-state index is 13.1. The largest absolute Gasteiger partial charge is 0.363 e. The van der Waals surface area contributed by atoms with Gasteiger partial charge in [0.2, 0.25) is 5.91 Å². The number of carbonyl (C=O) groups is 2. The minimum atomic E-state index is -2.80. The fraction of sp³-hybridized carbons (Fsp3) is 0.706. The van der Waals surface area contributed by atoms with Crippen LogP contribution in [-0.2, 0) is 16.6 Å². The molecule has 1 saturated carbocycles. The molecule has 1 aliphatic carbocycles. The fourth-order valence-electron chi connectivity index (χ4n) is 3.81. The maximum Gasteiger partial charge on any atom is 0.282 e. The number of hydrogen-bond acceptors (Lipinski definition) is 4. The van der Waals surface area contributed by atoms with Crippen LogP contribution in [0.5, 0.6) is 0 Å². The molecule has 1 unspecified atom stereocenters. The Bertz CT molecular complexity index is 719. The van der Waals surface area contributed by atoms with Crippen LogP contribution in [0.3, 0.4) is 0 Å². The molecule has 4 rings (SSSR count). The lowest BCUT2D eigenvalue weighted by Crippen LogP contribution is -2.45. The average molecular weight is 368 g/mol. The Morgan fingerprint density at radius 2 is 2.12 bits per heavy atom. The van der Waals surface area contributed by atoms with Crippen molar-refractivity contribution in [3.8, 4) is 0 Å². The molecule has 7 nitrogen and oxygen atoms in total. The lowest BCUT2D eigenvalue weighted by Gasteiger charge is -2.34. The van der Waals surface area contributed by atoms with Crippen molar-refractivity contribution in [2.75, 3.05) is 13.1 Å². The number of alkyl halides is 2. The smallest absolute Gasteiger partial charge is 0.282 e. The van der Waals surface area contributed by atoms with Crippen LogP contribution < -0.4 is 5.32 Å². The number of halogens is 2. The first-order valence-corrected chi connectivity index (χ1v) is 8.99. The number of likely N-dealkylation sites (tertiary alicyclic amines) is 1. The van der Waals surface area contributed by atoms with Gasteiger partial charge in [-0.25, -0.2) is 8.78 Å². The van der Waals surface area contributed by atoms with Crippen molar-refractivity contribution in [3.05, 3.63) is 17.5 Å². The summed E-state index contributed by atoms with van der Waals surface area (Å²) in [6.45, 7) is 0.784. The predicted octanol–water partition coefficient (Wildman–Crippen LogP) is 1.26. The van der Waals surface area contributed by atoms with E-state index in [1.807, 2.05) is 0 Å². The number of aryl methyl sites for hydroxylation is 1. The highest BCUT2D eigenvalue weighted by molar-refractivity contribution is 5.95. The second-order valence-corrected chi connectivity index (χ2v) is 7.38. The molecule has 3 heterocycles. The van der Waals surface area contributed by atoms with E-state index in [1.54, 1.807) is 0 Å². The predicted molar refractivity (Wildman–Crippen MR) is 86.6 cm³/mol. The zero-order valence-corrected chi connectivity index (χ0v) is 14.5. The van der Waals surface area contributed by atoms with Crippen LogP contribution in [0.25, 0.3) is 0 Å². The van der Waals surface area contributed by atoms with Crippen LogP contribution in [0.15, 0.2) is 6.20 Å². The Kier molecular flexibility index (Phi) is 4.42. The van der Waals surface area contributed by atoms with Crippen LogP contribution in [0.1, 0.15) is 48.2 Å². The molecular weight excluding hydrogens is 346 g/mol. The molecule has 3 atom stereocenters. The number of rotatable bonds is 4. The second-order valence-electron chi connectivity index (χ2n) is 7.38. The van der Waals surface area contributed by atoms with Crippen molar-refractivity contribution in [2.24, 2.45) is 13.0 Å². The Morgan fingerprint density at radius 1 is 1.35 bits per heavy atom. The molecular formula is C17H22F2N4O3. The number of carbonyl (C=O) groups excluding carboxylic acids is 2. The molecule has 1 aromatic rings. The Balaban J connectivity index is 1.41. The third-order valence-electron chi connectivity index (χ3n) is 5.35. The molecule has 1 N–H and O–H groups in total. The topological polar surface area (TPSA) is 76.5 Å². The van der Waals surface area contributed by atoms with Gasteiger partial charge in [0.1, 0.15) is 11.8 Å². The number of ether oxygens (including phenoxy) is 1. The summed E-state index contributed by atoms with van der Waals surface area (Å²) >= 11 is 0. The van der Waals surface area contributed by atoms with E-state index >= 15 is 0 Å². The molecule has 3 aliphatic rings. The van der Waals surface area contributed by atoms with Gasteiger partial charge >= 0.3 is 0 Å². The SMILES string of the molecule is Cn1cc(C(=O)N2CC[C@H]3CC(C(=O)NC4CC4)O[C@H]3C2)c(C(F)F)n1. The Hall–Kier alpha value is -2.03. The monoisotopic (exact) mass is 368 g/mol. The summed E-state index contributed by atoms with van der Waals surface area (Å²) < 4.78 is 33.3. The number of piperidine rings is 1. The normalized spacial score (nSPS) is 28.3. The van der Waals surface area contributed by atoms with Gasteiger partial charge in [-0.05, 0) is 31.6 Å². The number of amides is 2. The van der Waals surface area contributed by atoms with Gasteiger partial charge in [0.15, 0.2) is 0 Å². The highest BCUT2D eigenvalue weighted by Gasteiger charge is 2.44. The van der Waals surface area contributed by atoms with Gasteiger partial charge in [-0.1, -0.05) is 0 Å². The molecule has 3 fully saturated rings. The van der Waals surface area contributed by atoms with Gasteiger partial charge in [-0.2, -0.15) is 5.10 Å². The van der Waals surface area contributed by atoms with Gasteiger partial charge in [0.25, 0.3) is 12.3 Å².